The maximum atomic E-state index is 10.5. The first kappa shape index (κ1) is 11.4. The fourth-order valence-corrected chi connectivity index (χ4v) is 0.609. The summed E-state index contributed by atoms with van der Waals surface area (Å²) in [5.74, 6) is -1.01. The van der Waals surface area contributed by atoms with Crippen molar-refractivity contribution in [1.82, 2.24) is 0 Å². The predicted octanol–water partition coefficient (Wildman–Crippen LogP) is 1.10. The number of hydrogen-bond donors (Lipinski definition) is 2. The highest BCUT2D eigenvalue weighted by Gasteiger charge is 1.97. The molecule has 0 aromatic heterocycles. The molecule has 0 N–H and O–H groups in total. The van der Waals surface area contributed by atoms with E-state index in [9.17, 15) is 9.59 Å². The molecule has 68 valence electrons. The van der Waals surface area contributed by atoms with Gasteiger partial charge in [-0.05, 0) is 6.42 Å². The van der Waals surface area contributed by atoms with Crippen LogP contribution in [-0.2, 0) is 18.0 Å². The van der Waals surface area contributed by atoms with Gasteiger partial charge in [0, 0.05) is 31.9 Å². The Morgan fingerprint density at radius 2 is 1.92 bits per heavy atom. The first-order valence-electron chi connectivity index (χ1n) is 3.07. The SMILES string of the molecule is O=C(/C=C/CCC(=O)OS)OS. The molecule has 0 atom stereocenters. The standard InChI is InChI=1S/C6H8O4S2/c7-5(9-11)3-1-2-4-6(8)10-12/h1,3,11-12H,2,4H2/b3-1+. The van der Waals surface area contributed by atoms with E-state index in [0.29, 0.717) is 6.42 Å². The van der Waals surface area contributed by atoms with Gasteiger partial charge in [0.1, 0.15) is 0 Å². The number of thiol groups is 2. The van der Waals surface area contributed by atoms with E-state index >= 15 is 0 Å². The molecule has 0 heterocycles. The molecular formula is C6H8O4S2. The topological polar surface area (TPSA) is 52.6 Å². The Labute approximate surface area is 81.2 Å². The lowest BCUT2D eigenvalue weighted by atomic mass is 10.3. The fraction of sp³-hybridized carbons (Fsp3) is 0.333. The number of carbonyl (C=O) groups is 2. The predicted molar refractivity (Wildman–Crippen MR) is 48.5 cm³/mol. The second-order valence-electron chi connectivity index (χ2n) is 1.81. The van der Waals surface area contributed by atoms with Gasteiger partial charge in [-0.2, -0.15) is 0 Å². The Kier molecular flexibility index (Phi) is 6.69. The summed E-state index contributed by atoms with van der Waals surface area (Å²) in [6.07, 6.45) is 3.25. The van der Waals surface area contributed by atoms with E-state index in [0.717, 1.165) is 0 Å². The second-order valence-corrected chi connectivity index (χ2v) is 2.18. The van der Waals surface area contributed by atoms with Gasteiger partial charge in [-0.3, -0.25) is 4.79 Å². The van der Waals surface area contributed by atoms with Crippen LogP contribution in [0.15, 0.2) is 12.2 Å². The Bertz CT molecular complexity index is 190. The summed E-state index contributed by atoms with van der Waals surface area (Å²) < 4.78 is 8.09. The van der Waals surface area contributed by atoms with Gasteiger partial charge in [0.05, 0.1) is 6.42 Å². The lowest BCUT2D eigenvalue weighted by Gasteiger charge is -1.91. The Balaban J connectivity index is 3.48. The summed E-state index contributed by atoms with van der Waals surface area (Å²) in [5.41, 5.74) is 0. The normalized spacial score (nSPS) is 9.83. The molecule has 0 saturated carbocycles. The molecule has 0 rings (SSSR count). The van der Waals surface area contributed by atoms with Crippen LogP contribution < -0.4 is 0 Å². The van der Waals surface area contributed by atoms with E-state index < -0.39 is 11.9 Å². The monoisotopic (exact) mass is 208 g/mol. The van der Waals surface area contributed by atoms with Crippen LogP contribution >= 0.6 is 25.8 Å². The highest BCUT2D eigenvalue weighted by Crippen LogP contribution is 1.96. The van der Waals surface area contributed by atoms with E-state index in [1.54, 1.807) is 0 Å². The van der Waals surface area contributed by atoms with E-state index in [2.05, 4.69) is 34.2 Å². The molecule has 0 fully saturated rings. The summed E-state index contributed by atoms with van der Waals surface area (Å²) in [6.45, 7) is 0. The van der Waals surface area contributed by atoms with E-state index in [-0.39, 0.29) is 6.42 Å². The summed E-state index contributed by atoms with van der Waals surface area (Å²) in [6, 6.07) is 0. The Hall–Kier alpha value is -0.620. The third-order valence-corrected chi connectivity index (χ3v) is 1.34. The van der Waals surface area contributed by atoms with Crippen LogP contribution in [0.2, 0.25) is 0 Å². The first-order chi connectivity index (χ1) is 5.70. The van der Waals surface area contributed by atoms with Crippen LogP contribution in [0.3, 0.4) is 0 Å². The minimum atomic E-state index is -0.572. The van der Waals surface area contributed by atoms with Crippen LogP contribution in [0.1, 0.15) is 12.8 Å². The molecule has 0 spiro atoms. The molecule has 0 aromatic carbocycles. The minimum Gasteiger partial charge on any atom is -0.395 e. The van der Waals surface area contributed by atoms with Gasteiger partial charge in [-0.25, -0.2) is 4.79 Å². The minimum absolute atomic E-state index is 0.180. The molecule has 0 aliphatic carbocycles. The number of hydrogen-bond acceptors (Lipinski definition) is 6. The van der Waals surface area contributed by atoms with Crippen LogP contribution in [0.25, 0.3) is 0 Å². The lowest BCUT2D eigenvalue weighted by Crippen LogP contribution is -1.95. The highest BCUT2D eigenvalue weighted by atomic mass is 32.1. The van der Waals surface area contributed by atoms with Crippen molar-refractivity contribution in [3.05, 3.63) is 12.2 Å². The molecule has 0 amide bonds. The van der Waals surface area contributed by atoms with Gasteiger partial charge in [0.25, 0.3) is 0 Å². The van der Waals surface area contributed by atoms with Gasteiger partial charge >= 0.3 is 11.9 Å². The van der Waals surface area contributed by atoms with Gasteiger partial charge < -0.3 is 8.37 Å². The Morgan fingerprint density at radius 3 is 2.42 bits per heavy atom. The van der Waals surface area contributed by atoms with Crippen LogP contribution in [0, 0.1) is 0 Å². The maximum Gasteiger partial charge on any atom is 0.342 e. The van der Waals surface area contributed by atoms with E-state index in [4.69, 9.17) is 0 Å². The summed E-state index contributed by atoms with van der Waals surface area (Å²) in [7, 11) is 0. The molecule has 0 saturated heterocycles. The van der Waals surface area contributed by atoms with Crippen LogP contribution in [-0.4, -0.2) is 11.9 Å². The second kappa shape index (κ2) is 7.05. The third kappa shape index (κ3) is 6.11. The largest absolute Gasteiger partial charge is 0.395 e. The van der Waals surface area contributed by atoms with Crippen molar-refractivity contribution in [2.45, 2.75) is 12.8 Å². The number of rotatable bonds is 4. The zero-order chi connectivity index (χ0) is 9.40. The summed E-state index contributed by atoms with van der Waals surface area (Å²) >= 11 is 6.57. The van der Waals surface area contributed by atoms with E-state index in [1.807, 2.05) is 0 Å². The van der Waals surface area contributed by atoms with Crippen molar-refractivity contribution in [1.29, 1.82) is 0 Å². The van der Waals surface area contributed by atoms with Crippen molar-refractivity contribution < 1.29 is 18.0 Å². The van der Waals surface area contributed by atoms with Crippen molar-refractivity contribution in [3.63, 3.8) is 0 Å². The van der Waals surface area contributed by atoms with Crippen molar-refractivity contribution in [2.24, 2.45) is 0 Å². The average molecular weight is 208 g/mol. The van der Waals surface area contributed by atoms with Crippen molar-refractivity contribution in [3.8, 4) is 0 Å². The quantitative estimate of drug-likeness (QED) is 0.412. The van der Waals surface area contributed by atoms with Gasteiger partial charge in [-0.15, -0.1) is 0 Å². The molecule has 4 nitrogen and oxygen atoms in total. The summed E-state index contributed by atoms with van der Waals surface area (Å²) in [5, 5.41) is 0. The third-order valence-electron chi connectivity index (χ3n) is 0.961. The first-order valence-corrected chi connectivity index (χ1v) is 3.80. The zero-order valence-electron chi connectivity index (χ0n) is 6.10. The molecule has 12 heavy (non-hydrogen) atoms. The fourth-order valence-electron chi connectivity index (χ4n) is 0.457. The van der Waals surface area contributed by atoms with Gasteiger partial charge in [0.15, 0.2) is 0 Å². The Morgan fingerprint density at radius 1 is 1.25 bits per heavy atom. The molecule has 0 bridgehead atoms. The van der Waals surface area contributed by atoms with Gasteiger partial charge in [-0.1, -0.05) is 6.08 Å². The number of carbonyl (C=O) groups excluding carboxylic acids is 2. The molecular weight excluding hydrogens is 200 g/mol. The molecule has 0 aliphatic heterocycles. The van der Waals surface area contributed by atoms with Crippen molar-refractivity contribution >= 4 is 37.8 Å². The molecule has 0 radical (unpaired) electrons. The molecule has 0 aliphatic rings. The smallest absolute Gasteiger partial charge is 0.342 e. The number of allylic oxidation sites excluding steroid dienone is 1. The maximum absolute atomic E-state index is 10.5. The summed E-state index contributed by atoms with van der Waals surface area (Å²) in [4.78, 5) is 20.9. The molecule has 0 unspecified atom stereocenters. The van der Waals surface area contributed by atoms with E-state index in [1.165, 1.54) is 12.2 Å². The van der Waals surface area contributed by atoms with Gasteiger partial charge in [0.2, 0.25) is 0 Å². The van der Waals surface area contributed by atoms with Crippen molar-refractivity contribution in [2.75, 3.05) is 0 Å². The highest BCUT2D eigenvalue weighted by molar-refractivity contribution is 7.75. The zero-order valence-corrected chi connectivity index (χ0v) is 7.89. The van der Waals surface area contributed by atoms with Crippen LogP contribution in [0.4, 0.5) is 0 Å². The average Bonchev–Trinajstić information content (AvgIpc) is 2.11. The van der Waals surface area contributed by atoms with Crippen LogP contribution in [0.5, 0.6) is 0 Å². The molecule has 6 heteroatoms. The lowest BCUT2D eigenvalue weighted by molar-refractivity contribution is -0.133. The molecule has 0 aromatic rings.